The van der Waals surface area contributed by atoms with E-state index in [1.54, 1.807) is 12.1 Å². The van der Waals surface area contributed by atoms with Crippen LogP contribution < -0.4 is 0 Å². The van der Waals surface area contributed by atoms with Crippen molar-refractivity contribution >= 4 is 5.97 Å². The molecular formula is C13H10FNO3. The molecular weight excluding hydrogens is 237 g/mol. The van der Waals surface area contributed by atoms with Crippen molar-refractivity contribution in [2.24, 2.45) is 0 Å². The quantitative estimate of drug-likeness (QED) is 0.905. The summed E-state index contributed by atoms with van der Waals surface area (Å²) in [6.07, 6.45) is 2.54. The van der Waals surface area contributed by atoms with Gasteiger partial charge in [-0.3, -0.25) is 4.79 Å². The van der Waals surface area contributed by atoms with Gasteiger partial charge in [0.25, 0.3) is 0 Å². The number of benzene rings is 1. The summed E-state index contributed by atoms with van der Waals surface area (Å²) in [6, 6.07) is 5.71. The third kappa shape index (κ3) is 1.59. The number of hydrogen-bond acceptors (Lipinski definition) is 3. The molecule has 1 N–H and O–H groups in total. The maximum atomic E-state index is 12.8. The first-order valence-corrected chi connectivity index (χ1v) is 5.57. The maximum absolute atomic E-state index is 12.8. The Morgan fingerprint density at radius 3 is 2.56 bits per heavy atom. The highest BCUT2D eigenvalue weighted by molar-refractivity contribution is 5.84. The molecule has 1 saturated carbocycles. The Labute approximate surface area is 102 Å². The second kappa shape index (κ2) is 3.66. The Hall–Kier alpha value is -2.17. The molecule has 92 valence electrons. The fourth-order valence-corrected chi connectivity index (χ4v) is 1.92. The van der Waals surface area contributed by atoms with E-state index < -0.39 is 11.4 Å². The van der Waals surface area contributed by atoms with Gasteiger partial charge < -0.3 is 9.52 Å². The lowest BCUT2D eigenvalue weighted by molar-refractivity contribution is -0.140. The van der Waals surface area contributed by atoms with E-state index in [-0.39, 0.29) is 5.82 Å². The standard InChI is InChI=1S/C13H10FNO3/c14-9-3-1-8(2-4-9)11-15-10(7-18-11)13(5-6-13)12(16)17/h1-4,7H,5-6H2,(H,16,17). The second-order valence-corrected chi connectivity index (χ2v) is 4.43. The van der Waals surface area contributed by atoms with E-state index in [4.69, 9.17) is 9.52 Å². The number of aromatic nitrogens is 1. The highest BCUT2D eigenvalue weighted by Gasteiger charge is 2.54. The van der Waals surface area contributed by atoms with E-state index >= 15 is 0 Å². The number of hydrogen-bond donors (Lipinski definition) is 1. The molecule has 1 aromatic carbocycles. The summed E-state index contributed by atoms with van der Waals surface area (Å²) in [6.45, 7) is 0. The van der Waals surface area contributed by atoms with Crippen LogP contribution in [0.25, 0.3) is 11.5 Å². The van der Waals surface area contributed by atoms with Crippen molar-refractivity contribution in [3.8, 4) is 11.5 Å². The van der Waals surface area contributed by atoms with Gasteiger partial charge in [0.2, 0.25) is 5.89 Å². The van der Waals surface area contributed by atoms with Crippen molar-refractivity contribution in [2.45, 2.75) is 18.3 Å². The summed E-state index contributed by atoms with van der Waals surface area (Å²) >= 11 is 0. The molecule has 1 heterocycles. The number of nitrogens with zero attached hydrogens (tertiary/aromatic N) is 1. The van der Waals surface area contributed by atoms with Crippen LogP contribution in [-0.4, -0.2) is 16.1 Å². The first-order valence-electron chi connectivity index (χ1n) is 5.57. The van der Waals surface area contributed by atoms with Gasteiger partial charge in [-0.05, 0) is 37.1 Å². The zero-order valence-electron chi connectivity index (χ0n) is 9.39. The van der Waals surface area contributed by atoms with Crippen LogP contribution >= 0.6 is 0 Å². The summed E-state index contributed by atoms with van der Waals surface area (Å²) in [5.41, 5.74) is 0.195. The van der Waals surface area contributed by atoms with Gasteiger partial charge in [0.05, 0.1) is 5.69 Å². The fourth-order valence-electron chi connectivity index (χ4n) is 1.92. The number of carbonyl (C=O) groups is 1. The average molecular weight is 247 g/mol. The number of carboxylic acids is 1. The molecule has 1 aromatic heterocycles. The normalized spacial score (nSPS) is 16.5. The molecule has 1 fully saturated rings. The zero-order chi connectivity index (χ0) is 12.8. The molecule has 0 radical (unpaired) electrons. The van der Waals surface area contributed by atoms with E-state index in [1.807, 2.05) is 0 Å². The van der Waals surface area contributed by atoms with Crippen molar-refractivity contribution in [2.75, 3.05) is 0 Å². The number of carboxylic acid groups (broad SMARTS) is 1. The van der Waals surface area contributed by atoms with E-state index in [1.165, 1.54) is 18.4 Å². The largest absolute Gasteiger partial charge is 0.481 e. The molecule has 0 bridgehead atoms. The maximum Gasteiger partial charge on any atom is 0.315 e. The minimum absolute atomic E-state index is 0.317. The Morgan fingerprint density at radius 2 is 2.00 bits per heavy atom. The minimum Gasteiger partial charge on any atom is -0.481 e. The van der Waals surface area contributed by atoms with Crippen LogP contribution in [0.5, 0.6) is 0 Å². The van der Waals surface area contributed by atoms with Gasteiger partial charge in [-0.1, -0.05) is 0 Å². The van der Waals surface area contributed by atoms with E-state index in [0.717, 1.165) is 0 Å². The average Bonchev–Trinajstić information content (AvgIpc) is 3.03. The van der Waals surface area contributed by atoms with Gasteiger partial charge in [-0.2, -0.15) is 0 Å². The Kier molecular flexibility index (Phi) is 2.23. The van der Waals surface area contributed by atoms with E-state index in [9.17, 15) is 9.18 Å². The molecule has 0 amide bonds. The summed E-state index contributed by atoms with van der Waals surface area (Å²) in [5.74, 6) is -0.895. The van der Waals surface area contributed by atoms with Crippen molar-refractivity contribution in [3.63, 3.8) is 0 Å². The number of oxazole rings is 1. The molecule has 2 aromatic rings. The molecule has 5 heteroatoms. The molecule has 0 unspecified atom stereocenters. The van der Waals surface area contributed by atoms with Crippen LogP contribution in [0.3, 0.4) is 0 Å². The monoisotopic (exact) mass is 247 g/mol. The smallest absolute Gasteiger partial charge is 0.315 e. The SMILES string of the molecule is O=C(O)C1(c2coc(-c3ccc(F)cc3)n2)CC1. The fraction of sp³-hybridized carbons (Fsp3) is 0.231. The lowest BCUT2D eigenvalue weighted by atomic mass is 10.0. The number of halogens is 1. The van der Waals surface area contributed by atoms with Gasteiger partial charge in [-0.15, -0.1) is 0 Å². The van der Waals surface area contributed by atoms with Crippen LogP contribution in [0.2, 0.25) is 0 Å². The lowest BCUT2D eigenvalue weighted by Crippen LogP contribution is -2.19. The van der Waals surface area contributed by atoms with Crippen molar-refractivity contribution < 1.29 is 18.7 Å². The van der Waals surface area contributed by atoms with Crippen LogP contribution in [0.1, 0.15) is 18.5 Å². The number of aliphatic carboxylic acids is 1. The Balaban J connectivity index is 1.95. The molecule has 4 nitrogen and oxygen atoms in total. The molecule has 0 saturated heterocycles. The minimum atomic E-state index is -0.874. The first kappa shape index (κ1) is 11.0. The summed E-state index contributed by atoms with van der Waals surface area (Å²) in [4.78, 5) is 15.3. The Morgan fingerprint density at radius 1 is 1.33 bits per heavy atom. The lowest BCUT2D eigenvalue weighted by Gasteiger charge is -2.03. The van der Waals surface area contributed by atoms with Crippen LogP contribution in [0.4, 0.5) is 4.39 Å². The molecule has 3 rings (SSSR count). The molecule has 0 spiro atoms. The molecule has 1 aliphatic carbocycles. The third-order valence-corrected chi connectivity index (χ3v) is 3.25. The molecule has 1 aliphatic rings. The summed E-state index contributed by atoms with van der Waals surface area (Å²) < 4.78 is 18.1. The molecule has 18 heavy (non-hydrogen) atoms. The van der Waals surface area contributed by atoms with Gasteiger partial charge in [0.15, 0.2) is 0 Å². The van der Waals surface area contributed by atoms with Crippen LogP contribution in [0, 0.1) is 5.82 Å². The van der Waals surface area contributed by atoms with Gasteiger partial charge in [0.1, 0.15) is 17.5 Å². The third-order valence-electron chi connectivity index (χ3n) is 3.25. The first-order chi connectivity index (χ1) is 8.62. The van der Waals surface area contributed by atoms with E-state index in [2.05, 4.69) is 4.98 Å². The van der Waals surface area contributed by atoms with Gasteiger partial charge in [0, 0.05) is 5.56 Å². The van der Waals surface area contributed by atoms with Gasteiger partial charge in [-0.25, -0.2) is 9.37 Å². The van der Waals surface area contributed by atoms with Crippen molar-refractivity contribution in [1.82, 2.24) is 4.98 Å². The molecule has 0 aliphatic heterocycles. The highest BCUT2D eigenvalue weighted by atomic mass is 19.1. The molecule has 0 atom stereocenters. The van der Waals surface area contributed by atoms with Crippen molar-refractivity contribution in [3.05, 3.63) is 42.0 Å². The zero-order valence-corrected chi connectivity index (χ0v) is 9.39. The van der Waals surface area contributed by atoms with Crippen LogP contribution in [-0.2, 0) is 10.2 Å². The predicted octanol–water partition coefficient (Wildman–Crippen LogP) is 2.60. The topological polar surface area (TPSA) is 63.3 Å². The summed E-state index contributed by atoms with van der Waals surface area (Å²) in [7, 11) is 0. The summed E-state index contributed by atoms with van der Waals surface area (Å²) in [5, 5.41) is 9.14. The van der Waals surface area contributed by atoms with Gasteiger partial charge >= 0.3 is 5.97 Å². The van der Waals surface area contributed by atoms with Crippen molar-refractivity contribution in [1.29, 1.82) is 0 Å². The van der Waals surface area contributed by atoms with Crippen LogP contribution in [0.15, 0.2) is 34.9 Å². The second-order valence-electron chi connectivity index (χ2n) is 4.43. The highest BCUT2D eigenvalue weighted by Crippen LogP contribution is 2.48. The predicted molar refractivity (Wildman–Crippen MR) is 60.4 cm³/mol. The Bertz CT molecular complexity index is 599. The van der Waals surface area contributed by atoms with E-state index in [0.29, 0.717) is 30.0 Å². The number of rotatable bonds is 3.